The Morgan fingerprint density at radius 1 is 1.19 bits per heavy atom. The molecule has 0 aliphatic carbocycles. The molecule has 1 aromatic carbocycles. The number of benzene rings is 1. The van der Waals surface area contributed by atoms with E-state index in [1.165, 1.54) is 11.8 Å². The summed E-state index contributed by atoms with van der Waals surface area (Å²) in [5.41, 5.74) is 3.47. The van der Waals surface area contributed by atoms with E-state index in [2.05, 4.69) is 58.5 Å². The second-order valence-corrected chi connectivity index (χ2v) is 9.06. The van der Waals surface area contributed by atoms with E-state index in [0.29, 0.717) is 36.0 Å². The highest BCUT2D eigenvalue weighted by Gasteiger charge is 2.28. The lowest BCUT2D eigenvalue weighted by Gasteiger charge is -2.19. The summed E-state index contributed by atoms with van der Waals surface area (Å²) in [6.45, 7) is 7.77. The number of fused-ring (bicyclic) bond motifs is 1. The molecule has 1 unspecified atom stereocenters. The number of nitrogens with zero attached hydrogens (tertiary/aromatic N) is 6. The van der Waals surface area contributed by atoms with Crippen molar-refractivity contribution in [3.8, 4) is 5.69 Å². The zero-order valence-corrected chi connectivity index (χ0v) is 18.3. The van der Waals surface area contributed by atoms with Gasteiger partial charge in [-0.1, -0.05) is 38.1 Å². The lowest BCUT2D eigenvalue weighted by atomic mass is 9.87. The molecule has 9 heteroatoms. The molecule has 0 saturated carbocycles. The number of amides is 1. The van der Waals surface area contributed by atoms with Crippen LogP contribution in [0.15, 0.2) is 53.3 Å². The van der Waals surface area contributed by atoms with Gasteiger partial charge in [0.05, 0.1) is 18.1 Å². The molecule has 164 valence electrons. The third-order valence-electron chi connectivity index (χ3n) is 5.71. The van der Waals surface area contributed by atoms with Crippen LogP contribution >= 0.6 is 0 Å². The van der Waals surface area contributed by atoms with Crippen LogP contribution in [-0.4, -0.2) is 54.9 Å². The van der Waals surface area contributed by atoms with Crippen molar-refractivity contribution in [3.63, 3.8) is 0 Å². The van der Waals surface area contributed by atoms with Crippen LogP contribution in [0.25, 0.3) is 16.9 Å². The fourth-order valence-corrected chi connectivity index (χ4v) is 3.88. The molecule has 4 aromatic rings. The maximum Gasteiger partial charge on any atom is 0.289 e. The standard InChI is InChI=1S/C23H25N7O2/c1-23(2,3)15-6-8-17(9-7-15)30-20-18(27-28-30)13-24-22(26-20)25-16-10-11-29(14-16)21(31)19-5-4-12-32-19/h4-9,12-13,16H,10-11,14H2,1-3H3,(H,24,25,26). The van der Waals surface area contributed by atoms with Gasteiger partial charge in [0.1, 0.15) is 0 Å². The van der Waals surface area contributed by atoms with Crippen molar-refractivity contribution >= 4 is 23.0 Å². The predicted molar refractivity (Wildman–Crippen MR) is 120 cm³/mol. The Labute approximate surface area is 185 Å². The minimum absolute atomic E-state index is 0.0572. The first kappa shape index (κ1) is 20.2. The molecule has 32 heavy (non-hydrogen) atoms. The highest BCUT2D eigenvalue weighted by Crippen LogP contribution is 2.24. The Bertz CT molecular complexity index is 1240. The molecule has 0 bridgehead atoms. The van der Waals surface area contributed by atoms with E-state index in [-0.39, 0.29) is 17.4 Å². The first-order chi connectivity index (χ1) is 15.4. The van der Waals surface area contributed by atoms with E-state index < -0.39 is 0 Å². The Morgan fingerprint density at radius 2 is 2.00 bits per heavy atom. The number of aromatic nitrogens is 5. The first-order valence-electron chi connectivity index (χ1n) is 10.7. The molecule has 1 atom stereocenters. The van der Waals surface area contributed by atoms with Gasteiger partial charge in [-0.2, -0.15) is 9.67 Å². The van der Waals surface area contributed by atoms with Gasteiger partial charge in [-0.15, -0.1) is 5.10 Å². The van der Waals surface area contributed by atoms with E-state index in [1.54, 1.807) is 27.9 Å². The minimum Gasteiger partial charge on any atom is -0.459 e. The van der Waals surface area contributed by atoms with Crippen molar-refractivity contribution in [2.75, 3.05) is 18.4 Å². The Balaban J connectivity index is 1.34. The number of likely N-dealkylation sites (tertiary alicyclic amines) is 1. The smallest absolute Gasteiger partial charge is 0.289 e. The molecular weight excluding hydrogens is 406 g/mol. The zero-order chi connectivity index (χ0) is 22.3. The van der Waals surface area contributed by atoms with Gasteiger partial charge in [-0.25, -0.2) is 4.98 Å². The van der Waals surface area contributed by atoms with Crippen molar-refractivity contribution < 1.29 is 9.21 Å². The molecule has 1 amide bonds. The van der Waals surface area contributed by atoms with E-state index in [9.17, 15) is 4.79 Å². The second-order valence-electron chi connectivity index (χ2n) is 9.06. The second kappa shape index (κ2) is 7.74. The summed E-state index contributed by atoms with van der Waals surface area (Å²) < 4.78 is 6.95. The number of anilines is 1. The van der Waals surface area contributed by atoms with Crippen molar-refractivity contribution in [2.45, 2.75) is 38.6 Å². The Hall–Kier alpha value is -3.75. The van der Waals surface area contributed by atoms with Crippen molar-refractivity contribution in [2.24, 2.45) is 0 Å². The molecule has 3 aromatic heterocycles. The van der Waals surface area contributed by atoms with E-state index >= 15 is 0 Å². The number of nitrogens with one attached hydrogen (secondary N) is 1. The van der Waals surface area contributed by atoms with Crippen LogP contribution in [0.5, 0.6) is 0 Å². The third-order valence-corrected chi connectivity index (χ3v) is 5.71. The van der Waals surface area contributed by atoms with Crippen molar-refractivity contribution in [3.05, 3.63) is 60.2 Å². The minimum atomic E-state index is -0.100. The van der Waals surface area contributed by atoms with Gasteiger partial charge in [0.25, 0.3) is 5.91 Å². The molecule has 1 saturated heterocycles. The van der Waals surface area contributed by atoms with Gasteiger partial charge in [0.2, 0.25) is 5.95 Å². The number of carbonyl (C=O) groups excluding carboxylic acids is 1. The number of furan rings is 1. The lowest BCUT2D eigenvalue weighted by Crippen LogP contribution is -2.31. The van der Waals surface area contributed by atoms with Gasteiger partial charge in [0.15, 0.2) is 16.9 Å². The average molecular weight is 432 g/mol. The van der Waals surface area contributed by atoms with Crippen LogP contribution in [0.1, 0.15) is 43.3 Å². The molecule has 0 radical (unpaired) electrons. The summed E-state index contributed by atoms with van der Waals surface area (Å²) in [6, 6.07) is 11.7. The summed E-state index contributed by atoms with van der Waals surface area (Å²) in [5, 5.41) is 11.8. The van der Waals surface area contributed by atoms with Gasteiger partial charge >= 0.3 is 0 Å². The number of hydrogen-bond acceptors (Lipinski definition) is 7. The topological polar surface area (TPSA) is 102 Å². The fraction of sp³-hybridized carbons (Fsp3) is 0.348. The number of hydrogen-bond donors (Lipinski definition) is 1. The molecule has 4 heterocycles. The maximum atomic E-state index is 12.5. The van der Waals surface area contributed by atoms with Gasteiger partial charge in [-0.3, -0.25) is 4.79 Å². The number of carbonyl (C=O) groups is 1. The molecule has 5 rings (SSSR count). The summed E-state index contributed by atoms with van der Waals surface area (Å²) in [7, 11) is 0. The van der Waals surface area contributed by atoms with Crippen molar-refractivity contribution in [1.29, 1.82) is 0 Å². The average Bonchev–Trinajstić information content (AvgIpc) is 3.53. The highest BCUT2D eigenvalue weighted by molar-refractivity contribution is 5.91. The van der Waals surface area contributed by atoms with Crippen LogP contribution in [0.2, 0.25) is 0 Å². The molecule has 0 spiro atoms. The third kappa shape index (κ3) is 3.81. The highest BCUT2D eigenvalue weighted by atomic mass is 16.3. The van der Waals surface area contributed by atoms with Gasteiger partial charge in [-0.05, 0) is 41.7 Å². The number of rotatable bonds is 4. The maximum absolute atomic E-state index is 12.5. The summed E-state index contributed by atoms with van der Waals surface area (Å²) in [6.07, 6.45) is 3.98. The summed E-state index contributed by atoms with van der Waals surface area (Å²) >= 11 is 0. The van der Waals surface area contributed by atoms with Crippen LogP contribution in [0.3, 0.4) is 0 Å². The largest absolute Gasteiger partial charge is 0.459 e. The van der Waals surface area contributed by atoms with Crippen molar-refractivity contribution in [1.82, 2.24) is 29.9 Å². The van der Waals surface area contributed by atoms with E-state index in [0.717, 1.165) is 12.1 Å². The molecule has 1 aliphatic rings. The molecule has 9 nitrogen and oxygen atoms in total. The van der Waals surface area contributed by atoms with Crippen LogP contribution < -0.4 is 5.32 Å². The SMILES string of the molecule is CC(C)(C)c1ccc(-n2nnc3cnc(NC4CCN(C(=O)c5ccco5)C4)nc32)cc1. The lowest BCUT2D eigenvalue weighted by molar-refractivity contribution is 0.0760. The van der Waals surface area contributed by atoms with Gasteiger partial charge < -0.3 is 14.6 Å². The first-order valence-corrected chi connectivity index (χ1v) is 10.7. The molecular formula is C23H25N7O2. The van der Waals surface area contributed by atoms with Crippen LogP contribution in [0.4, 0.5) is 5.95 Å². The van der Waals surface area contributed by atoms with Gasteiger partial charge in [0, 0.05) is 19.1 Å². The summed E-state index contributed by atoms with van der Waals surface area (Å²) in [4.78, 5) is 23.3. The molecule has 1 fully saturated rings. The monoisotopic (exact) mass is 431 g/mol. The van der Waals surface area contributed by atoms with Crippen LogP contribution in [0, 0.1) is 0 Å². The molecule has 1 N–H and O–H groups in total. The molecule has 1 aliphatic heterocycles. The Kier molecular flexibility index (Phi) is 4.88. The van der Waals surface area contributed by atoms with Crippen LogP contribution in [-0.2, 0) is 5.41 Å². The normalized spacial score (nSPS) is 16.6. The predicted octanol–water partition coefficient (Wildman–Crippen LogP) is 3.43. The summed E-state index contributed by atoms with van der Waals surface area (Å²) in [5.74, 6) is 0.747. The van der Waals surface area contributed by atoms with E-state index in [1.807, 2.05) is 12.1 Å². The zero-order valence-electron chi connectivity index (χ0n) is 18.3. The fourth-order valence-electron chi connectivity index (χ4n) is 3.88. The van der Waals surface area contributed by atoms with E-state index in [4.69, 9.17) is 4.42 Å². The quantitative estimate of drug-likeness (QED) is 0.528. The Morgan fingerprint density at radius 3 is 2.72 bits per heavy atom.